The van der Waals surface area contributed by atoms with E-state index in [1.54, 1.807) is 17.4 Å². The fourth-order valence-electron chi connectivity index (χ4n) is 3.31. The summed E-state index contributed by atoms with van der Waals surface area (Å²) in [5.74, 6) is 0.263. The molecule has 4 rings (SSSR count). The molecule has 0 fully saturated rings. The van der Waals surface area contributed by atoms with Crippen LogP contribution in [0.2, 0.25) is 0 Å². The monoisotopic (exact) mass is 400 g/mol. The maximum atomic E-state index is 12.7. The molecule has 1 aliphatic heterocycles. The molecule has 0 saturated carbocycles. The second-order valence-electron chi connectivity index (χ2n) is 7.22. The predicted molar refractivity (Wildman–Crippen MR) is 119 cm³/mol. The third-order valence-electron chi connectivity index (χ3n) is 4.98. The summed E-state index contributed by atoms with van der Waals surface area (Å²) >= 11 is 0. The summed E-state index contributed by atoms with van der Waals surface area (Å²) in [6, 6.07) is 20.9. The maximum Gasteiger partial charge on any atom is 0.256 e. The largest absolute Gasteiger partial charge is 0.370 e. The van der Waals surface area contributed by atoms with E-state index in [1.807, 2.05) is 73.8 Å². The highest BCUT2D eigenvalue weighted by Gasteiger charge is 2.26. The van der Waals surface area contributed by atoms with Gasteiger partial charge in [0, 0.05) is 37.2 Å². The van der Waals surface area contributed by atoms with Crippen molar-refractivity contribution in [3.05, 3.63) is 90.3 Å². The van der Waals surface area contributed by atoms with E-state index in [4.69, 9.17) is 5.73 Å². The van der Waals surface area contributed by atoms with Gasteiger partial charge in [0.2, 0.25) is 0 Å². The highest BCUT2D eigenvalue weighted by atomic mass is 16.1. The van der Waals surface area contributed by atoms with Gasteiger partial charge < -0.3 is 16.0 Å². The summed E-state index contributed by atoms with van der Waals surface area (Å²) in [7, 11) is 2.02. The first kappa shape index (κ1) is 19.6. The van der Waals surface area contributed by atoms with Gasteiger partial charge in [-0.3, -0.25) is 14.8 Å². The number of pyridine rings is 1. The predicted octanol–water partition coefficient (Wildman–Crippen LogP) is 2.61. The Kier molecular flexibility index (Phi) is 5.72. The van der Waals surface area contributed by atoms with Crippen molar-refractivity contribution in [3.63, 3.8) is 0 Å². The van der Waals surface area contributed by atoms with Crippen molar-refractivity contribution >= 4 is 23.1 Å². The van der Waals surface area contributed by atoms with E-state index in [-0.39, 0.29) is 11.9 Å². The molecule has 0 bridgehead atoms. The Hall–Kier alpha value is -3.71. The van der Waals surface area contributed by atoms with Crippen molar-refractivity contribution in [2.75, 3.05) is 23.5 Å². The molecule has 1 aromatic heterocycles. The quantitative estimate of drug-likeness (QED) is 0.688. The van der Waals surface area contributed by atoms with E-state index in [0.29, 0.717) is 17.9 Å². The van der Waals surface area contributed by atoms with Gasteiger partial charge >= 0.3 is 0 Å². The molecule has 3 N–H and O–H groups in total. The van der Waals surface area contributed by atoms with Crippen LogP contribution in [0.3, 0.4) is 0 Å². The highest BCUT2D eigenvalue weighted by Crippen LogP contribution is 2.18. The van der Waals surface area contributed by atoms with Crippen LogP contribution in [0.4, 0.5) is 11.4 Å². The van der Waals surface area contributed by atoms with Crippen LogP contribution < -0.4 is 21.0 Å². The van der Waals surface area contributed by atoms with E-state index < -0.39 is 0 Å². The van der Waals surface area contributed by atoms with Gasteiger partial charge in [-0.15, -0.1) is 0 Å². The molecule has 3 aromatic rings. The van der Waals surface area contributed by atoms with Crippen LogP contribution in [0, 0.1) is 0 Å². The van der Waals surface area contributed by atoms with Crippen molar-refractivity contribution in [3.8, 4) is 0 Å². The normalized spacial score (nSPS) is 15.6. The standard InChI is InChI=1S/C23H24N6O/c1-28(19-11-13-25-14-12-19)15-17-7-9-18(10-8-17)23(30)26-22-21(24)16-29(27-22)20-5-3-2-4-6-20/h2-14,21H,15-16,24H2,1H3,(H,26,27,30). The Labute approximate surface area is 175 Å². The van der Waals surface area contributed by atoms with Crippen LogP contribution in [-0.2, 0) is 6.54 Å². The SMILES string of the molecule is CN(Cc1ccc(C(=O)NC2=NN(c3ccccc3)CC2N)cc1)c1ccncc1. The van der Waals surface area contributed by atoms with Gasteiger partial charge in [-0.25, -0.2) is 0 Å². The number of aromatic nitrogens is 1. The second kappa shape index (κ2) is 8.75. The molecule has 0 radical (unpaired) electrons. The summed E-state index contributed by atoms with van der Waals surface area (Å²) in [5, 5.41) is 9.14. The lowest BCUT2D eigenvalue weighted by molar-refractivity contribution is 0.0976. The summed E-state index contributed by atoms with van der Waals surface area (Å²) < 4.78 is 0. The lowest BCUT2D eigenvalue weighted by Crippen LogP contribution is -2.43. The van der Waals surface area contributed by atoms with Crippen LogP contribution >= 0.6 is 0 Å². The molecule has 2 aromatic carbocycles. The van der Waals surface area contributed by atoms with Gasteiger partial charge in [-0.05, 0) is 42.0 Å². The van der Waals surface area contributed by atoms with Crippen LogP contribution in [0.25, 0.3) is 0 Å². The molecular weight excluding hydrogens is 376 g/mol. The third kappa shape index (κ3) is 4.47. The molecular formula is C23H24N6O. The minimum atomic E-state index is -0.345. The van der Waals surface area contributed by atoms with Crippen molar-refractivity contribution in [1.82, 2.24) is 10.3 Å². The third-order valence-corrected chi connectivity index (χ3v) is 4.98. The number of hydrogen-bond donors (Lipinski definition) is 2. The number of hydrazone groups is 1. The highest BCUT2D eigenvalue weighted by molar-refractivity contribution is 6.09. The molecule has 1 atom stereocenters. The lowest BCUT2D eigenvalue weighted by atomic mass is 10.1. The van der Waals surface area contributed by atoms with E-state index in [0.717, 1.165) is 23.5 Å². The van der Waals surface area contributed by atoms with Gasteiger partial charge in [0.15, 0.2) is 0 Å². The first-order valence-electron chi connectivity index (χ1n) is 9.78. The molecule has 7 nitrogen and oxygen atoms in total. The summed E-state index contributed by atoms with van der Waals surface area (Å²) in [6.07, 6.45) is 3.54. The average molecular weight is 400 g/mol. The Morgan fingerprint density at radius 2 is 1.80 bits per heavy atom. The smallest absolute Gasteiger partial charge is 0.256 e. The number of anilines is 2. The molecule has 0 aliphatic carbocycles. The minimum absolute atomic E-state index is 0.215. The fraction of sp³-hybridized carbons (Fsp3) is 0.174. The molecule has 1 unspecified atom stereocenters. The number of nitrogens with zero attached hydrogens (tertiary/aromatic N) is 4. The number of benzene rings is 2. The van der Waals surface area contributed by atoms with Gasteiger partial charge in [-0.1, -0.05) is 30.3 Å². The van der Waals surface area contributed by atoms with E-state index in [1.165, 1.54) is 0 Å². The molecule has 152 valence electrons. The van der Waals surface area contributed by atoms with Gasteiger partial charge in [-0.2, -0.15) is 5.10 Å². The number of amidine groups is 1. The van der Waals surface area contributed by atoms with Crippen LogP contribution in [0.15, 0.2) is 84.2 Å². The molecule has 1 aliphatic rings. The van der Waals surface area contributed by atoms with Crippen LogP contribution in [0.5, 0.6) is 0 Å². The first-order valence-corrected chi connectivity index (χ1v) is 9.78. The van der Waals surface area contributed by atoms with E-state index >= 15 is 0 Å². The van der Waals surface area contributed by atoms with E-state index in [9.17, 15) is 4.79 Å². The molecule has 1 amide bonds. The molecule has 30 heavy (non-hydrogen) atoms. The van der Waals surface area contributed by atoms with Crippen LogP contribution in [-0.4, -0.2) is 36.4 Å². The summed E-state index contributed by atoms with van der Waals surface area (Å²) in [4.78, 5) is 18.8. The number of amides is 1. The van der Waals surface area contributed by atoms with E-state index in [2.05, 4.69) is 20.3 Å². The number of nitrogens with one attached hydrogen (secondary N) is 1. The Morgan fingerprint density at radius 3 is 2.50 bits per heavy atom. The zero-order valence-electron chi connectivity index (χ0n) is 16.8. The zero-order valence-corrected chi connectivity index (χ0v) is 16.8. The molecule has 2 heterocycles. The minimum Gasteiger partial charge on any atom is -0.370 e. The number of hydrogen-bond acceptors (Lipinski definition) is 6. The second-order valence-corrected chi connectivity index (χ2v) is 7.22. The van der Waals surface area contributed by atoms with Crippen molar-refractivity contribution in [1.29, 1.82) is 0 Å². The lowest BCUT2D eigenvalue weighted by Gasteiger charge is -2.19. The van der Waals surface area contributed by atoms with Gasteiger partial charge in [0.05, 0.1) is 18.3 Å². The fourth-order valence-corrected chi connectivity index (χ4v) is 3.31. The molecule has 7 heteroatoms. The number of carbonyl (C=O) groups is 1. The number of rotatable bonds is 5. The summed E-state index contributed by atoms with van der Waals surface area (Å²) in [5.41, 5.74) is 9.88. The average Bonchev–Trinajstić information content (AvgIpc) is 3.15. The van der Waals surface area contributed by atoms with Crippen molar-refractivity contribution in [2.45, 2.75) is 12.6 Å². The zero-order chi connectivity index (χ0) is 20.9. The Balaban J connectivity index is 1.39. The van der Waals surface area contributed by atoms with Crippen molar-refractivity contribution in [2.24, 2.45) is 10.8 Å². The van der Waals surface area contributed by atoms with Gasteiger partial charge in [0.25, 0.3) is 5.91 Å². The van der Waals surface area contributed by atoms with Crippen molar-refractivity contribution < 1.29 is 4.79 Å². The number of para-hydroxylation sites is 1. The Morgan fingerprint density at radius 1 is 1.10 bits per heavy atom. The van der Waals surface area contributed by atoms with Crippen LogP contribution in [0.1, 0.15) is 15.9 Å². The first-order chi connectivity index (χ1) is 14.6. The summed E-state index contributed by atoms with van der Waals surface area (Å²) in [6.45, 7) is 1.26. The number of nitrogens with two attached hydrogens (primary N) is 1. The number of carbonyl (C=O) groups excluding carboxylic acids is 1. The maximum absolute atomic E-state index is 12.7. The molecule has 0 saturated heterocycles. The van der Waals surface area contributed by atoms with Gasteiger partial charge in [0.1, 0.15) is 5.84 Å². The Bertz CT molecular complexity index is 1020. The topological polar surface area (TPSA) is 86.9 Å². The molecule has 0 spiro atoms.